The molecule has 3 atom stereocenters. The zero-order valence-electron chi connectivity index (χ0n) is 20.8. The second kappa shape index (κ2) is 9.52. The highest BCUT2D eigenvalue weighted by molar-refractivity contribution is 6.05. The first-order valence-electron chi connectivity index (χ1n) is 13.0. The van der Waals surface area contributed by atoms with E-state index in [1.807, 2.05) is 59.4 Å². The molecule has 190 valence electrons. The summed E-state index contributed by atoms with van der Waals surface area (Å²) in [6.45, 7) is 3.57. The molecule has 0 radical (unpaired) electrons. The number of hydrogen-bond donors (Lipinski definition) is 3. The van der Waals surface area contributed by atoms with Crippen LogP contribution in [0.5, 0.6) is 0 Å². The standard InChI is InChI=1S/C29H31N5O3/c1-18-14-22(31-28(36)19-2-3-19)6-10-26(18)34-27-11-7-23(15-21(27)16-30-34)32-29(37)20-4-8-24(9-5-20)33-13-12-25(35)17-33/h4-11,14-16,18-19,25-26,35H,2-3,12-13,17H2,1H3,(H,31,36)(H,32,37). The van der Waals surface area contributed by atoms with Crippen LogP contribution in [0.15, 0.2) is 72.6 Å². The van der Waals surface area contributed by atoms with Crippen molar-refractivity contribution < 1.29 is 14.7 Å². The smallest absolute Gasteiger partial charge is 0.255 e. The van der Waals surface area contributed by atoms with Gasteiger partial charge in [-0.25, -0.2) is 0 Å². The van der Waals surface area contributed by atoms with Crippen LogP contribution < -0.4 is 15.5 Å². The number of hydrogen-bond acceptors (Lipinski definition) is 5. The highest BCUT2D eigenvalue weighted by atomic mass is 16.3. The molecule has 1 saturated heterocycles. The van der Waals surface area contributed by atoms with Crippen molar-refractivity contribution >= 4 is 34.1 Å². The lowest BCUT2D eigenvalue weighted by molar-refractivity contribution is -0.121. The number of amides is 2. The van der Waals surface area contributed by atoms with Crippen molar-refractivity contribution in [1.29, 1.82) is 0 Å². The number of allylic oxidation sites excluding steroid dienone is 3. The van der Waals surface area contributed by atoms with E-state index in [2.05, 4.69) is 39.7 Å². The summed E-state index contributed by atoms with van der Waals surface area (Å²) in [4.78, 5) is 27.1. The number of carbonyl (C=O) groups is 2. The van der Waals surface area contributed by atoms with Crippen molar-refractivity contribution in [2.45, 2.75) is 38.3 Å². The van der Waals surface area contributed by atoms with Gasteiger partial charge in [-0.3, -0.25) is 14.3 Å². The molecule has 6 rings (SSSR count). The van der Waals surface area contributed by atoms with Crippen LogP contribution in [0.1, 0.15) is 42.6 Å². The normalized spacial score (nSPS) is 23.2. The lowest BCUT2D eigenvalue weighted by atomic mass is 9.95. The minimum atomic E-state index is -0.284. The molecule has 0 spiro atoms. The summed E-state index contributed by atoms with van der Waals surface area (Å²) < 4.78 is 1.99. The van der Waals surface area contributed by atoms with Gasteiger partial charge in [-0.05, 0) is 67.8 Å². The molecule has 8 nitrogen and oxygen atoms in total. The maximum absolute atomic E-state index is 12.9. The molecule has 3 aliphatic rings. The summed E-state index contributed by atoms with van der Waals surface area (Å²) in [6.07, 6.45) is 10.4. The van der Waals surface area contributed by atoms with E-state index in [1.165, 1.54) is 0 Å². The summed E-state index contributed by atoms with van der Waals surface area (Å²) in [7, 11) is 0. The average molecular weight is 498 g/mol. The number of anilines is 2. The Balaban J connectivity index is 1.12. The Morgan fingerprint density at radius 1 is 1.05 bits per heavy atom. The summed E-state index contributed by atoms with van der Waals surface area (Å²) in [5, 5.41) is 21.4. The number of carbonyl (C=O) groups excluding carboxylic acids is 2. The molecule has 8 heteroatoms. The van der Waals surface area contributed by atoms with E-state index in [0.717, 1.165) is 48.1 Å². The molecule has 2 fully saturated rings. The van der Waals surface area contributed by atoms with Crippen molar-refractivity contribution in [2.24, 2.45) is 11.8 Å². The van der Waals surface area contributed by atoms with Gasteiger partial charge in [-0.1, -0.05) is 19.1 Å². The number of aliphatic hydroxyl groups excluding tert-OH is 1. The minimum absolute atomic E-state index is 0.0368. The predicted octanol–water partition coefficient (Wildman–Crippen LogP) is 4.02. The second-order valence-corrected chi connectivity index (χ2v) is 10.3. The first-order valence-corrected chi connectivity index (χ1v) is 13.0. The quantitative estimate of drug-likeness (QED) is 0.478. The van der Waals surface area contributed by atoms with Crippen molar-refractivity contribution in [2.75, 3.05) is 23.3 Å². The number of fused-ring (bicyclic) bond motifs is 1. The first kappa shape index (κ1) is 23.5. The van der Waals surface area contributed by atoms with Crippen LogP contribution in [0.25, 0.3) is 10.9 Å². The molecule has 1 aromatic heterocycles. The van der Waals surface area contributed by atoms with Crippen LogP contribution in [-0.2, 0) is 4.79 Å². The van der Waals surface area contributed by atoms with Gasteiger partial charge in [0, 0.05) is 52.9 Å². The Labute approximate surface area is 215 Å². The maximum Gasteiger partial charge on any atom is 0.255 e. The third kappa shape index (κ3) is 4.89. The molecule has 1 aliphatic heterocycles. The van der Waals surface area contributed by atoms with Gasteiger partial charge >= 0.3 is 0 Å². The van der Waals surface area contributed by atoms with Crippen molar-refractivity contribution in [3.63, 3.8) is 0 Å². The van der Waals surface area contributed by atoms with E-state index < -0.39 is 0 Å². The second-order valence-electron chi connectivity index (χ2n) is 10.3. The molecule has 1 saturated carbocycles. The third-order valence-corrected chi connectivity index (χ3v) is 7.46. The molecule has 37 heavy (non-hydrogen) atoms. The Hall–Kier alpha value is -3.91. The number of aromatic nitrogens is 2. The number of rotatable bonds is 6. The molecule has 2 heterocycles. The molecule has 2 aliphatic carbocycles. The van der Waals surface area contributed by atoms with Gasteiger partial charge in [-0.15, -0.1) is 0 Å². The number of aliphatic hydroxyl groups is 1. The van der Waals surface area contributed by atoms with Gasteiger partial charge in [-0.2, -0.15) is 5.10 Å². The van der Waals surface area contributed by atoms with Crippen molar-refractivity contribution in [3.05, 3.63) is 78.1 Å². The zero-order chi connectivity index (χ0) is 25.5. The van der Waals surface area contributed by atoms with Crippen molar-refractivity contribution in [1.82, 2.24) is 15.1 Å². The summed E-state index contributed by atoms with van der Waals surface area (Å²) >= 11 is 0. The van der Waals surface area contributed by atoms with Gasteiger partial charge in [0.15, 0.2) is 0 Å². The Kier molecular flexibility index (Phi) is 6.04. The van der Waals surface area contributed by atoms with Gasteiger partial charge in [0.1, 0.15) is 0 Å². The highest BCUT2D eigenvalue weighted by Gasteiger charge is 2.30. The zero-order valence-corrected chi connectivity index (χ0v) is 20.8. The Morgan fingerprint density at radius 2 is 1.86 bits per heavy atom. The minimum Gasteiger partial charge on any atom is -0.391 e. The summed E-state index contributed by atoms with van der Waals surface area (Å²) in [6, 6.07) is 13.3. The van der Waals surface area contributed by atoms with Crippen LogP contribution >= 0.6 is 0 Å². The fraction of sp³-hybridized carbons (Fsp3) is 0.345. The fourth-order valence-corrected chi connectivity index (χ4v) is 5.16. The van der Waals surface area contributed by atoms with Gasteiger partial charge in [0.25, 0.3) is 5.91 Å². The predicted molar refractivity (Wildman–Crippen MR) is 143 cm³/mol. The van der Waals surface area contributed by atoms with E-state index in [-0.39, 0.29) is 35.8 Å². The average Bonchev–Trinajstić information content (AvgIpc) is 3.54. The number of benzene rings is 2. The van der Waals surface area contributed by atoms with Crippen LogP contribution in [0.4, 0.5) is 11.4 Å². The van der Waals surface area contributed by atoms with Crippen LogP contribution in [-0.4, -0.2) is 45.9 Å². The largest absolute Gasteiger partial charge is 0.391 e. The SMILES string of the molecule is CC1C=C(NC(=O)C2CC2)C=CC1n1ncc2cc(NC(=O)c3ccc(N4CCC(O)C4)cc3)ccc21. The van der Waals surface area contributed by atoms with E-state index in [0.29, 0.717) is 17.8 Å². The topological polar surface area (TPSA) is 99.5 Å². The molecule has 0 bridgehead atoms. The molecular formula is C29H31N5O3. The third-order valence-electron chi connectivity index (χ3n) is 7.46. The molecule has 3 aromatic rings. The summed E-state index contributed by atoms with van der Waals surface area (Å²) in [5.74, 6) is 0.280. The monoisotopic (exact) mass is 497 g/mol. The molecule has 3 unspecified atom stereocenters. The van der Waals surface area contributed by atoms with E-state index in [1.54, 1.807) is 0 Å². The molecule has 3 N–H and O–H groups in total. The lowest BCUT2D eigenvalue weighted by Gasteiger charge is -2.24. The number of nitrogens with one attached hydrogen (secondary N) is 2. The van der Waals surface area contributed by atoms with Gasteiger partial charge < -0.3 is 20.6 Å². The van der Waals surface area contributed by atoms with E-state index >= 15 is 0 Å². The molecule has 2 amide bonds. The van der Waals surface area contributed by atoms with Gasteiger partial charge in [0.2, 0.25) is 5.91 Å². The fourth-order valence-electron chi connectivity index (χ4n) is 5.16. The lowest BCUT2D eigenvalue weighted by Crippen LogP contribution is -2.27. The van der Waals surface area contributed by atoms with Crippen LogP contribution in [0, 0.1) is 11.8 Å². The first-order chi connectivity index (χ1) is 17.9. The van der Waals surface area contributed by atoms with Gasteiger partial charge in [0.05, 0.1) is 23.9 Å². The Bertz CT molecular complexity index is 1400. The molecular weight excluding hydrogens is 466 g/mol. The number of β-amino-alcohol motifs (C(OH)–C–C–N with tert-alkyl or cyclic N) is 1. The van der Waals surface area contributed by atoms with E-state index in [4.69, 9.17) is 0 Å². The van der Waals surface area contributed by atoms with Crippen molar-refractivity contribution in [3.8, 4) is 0 Å². The summed E-state index contributed by atoms with van der Waals surface area (Å²) in [5.41, 5.74) is 4.14. The highest BCUT2D eigenvalue weighted by Crippen LogP contribution is 2.32. The Morgan fingerprint density at radius 3 is 2.57 bits per heavy atom. The molecule has 2 aromatic carbocycles. The maximum atomic E-state index is 12.9. The van der Waals surface area contributed by atoms with E-state index in [9.17, 15) is 14.7 Å². The van der Waals surface area contributed by atoms with Crippen LogP contribution in [0.3, 0.4) is 0 Å². The number of nitrogens with zero attached hydrogens (tertiary/aromatic N) is 3. The van der Waals surface area contributed by atoms with Crippen LogP contribution in [0.2, 0.25) is 0 Å².